The summed E-state index contributed by atoms with van der Waals surface area (Å²) < 4.78 is 0. The minimum Gasteiger partial charge on any atom is -0.353 e. The van der Waals surface area contributed by atoms with Crippen LogP contribution < -0.4 is 10.2 Å². The van der Waals surface area contributed by atoms with E-state index in [4.69, 9.17) is 0 Å². The molecule has 1 fully saturated rings. The summed E-state index contributed by atoms with van der Waals surface area (Å²) in [7, 11) is 0. The second kappa shape index (κ2) is 7.78. The van der Waals surface area contributed by atoms with Gasteiger partial charge in [0.05, 0.1) is 0 Å². The molecule has 0 bridgehead atoms. The van der Waals surface area contributed by atoms with Crippen LogP contribution in [0.4, 0.5) is 11.5 Å². The van der Waals surface area contributed by atoms with Gasteiger partial charge in [-0.25, -0.2) is 4.98 Å². The molecular formula is C21H26N4O2. The van der Waals surface area contributed by atoms with Crippen molar-refractivity contribution < 1.29 is 9.59 Å². The molecule has 1 aromatic carbocycles. The van der Waals surface area contributed by atoms with Gasteiger partial charge < -0.3 is 15.1 Å². The fourth-order valence-electron chi connectivity index (χ4n) is 3.05. The maximum absolute atomic E-state index is 12.6. The largest absolute Gasteiger partial charge is 0.353 e. The number of anilines is 2. The molecule has 0 unspecified atom stereocenters. The lowest BCUT2D eigenvalue weighted by Crippen LogP contribution is -2.46. The van der Waals surface area contributed by atoms with Crippen molar-refractivity contribution in [3.63, 3.8) is 0 Å². The van der Waals surface area contributed by atoms with E-state index in [2.05, 4.69) is 36.0 Å². The van der Waals surface area contributed by atoms with Crippen molar-refractivity contribution in [2.24, 2.45) is 0 Å². The Labute approximate surface area is 160 Å². The molecule has 2 aromatic rings. The maximum Gasteiger partial charge on any atom is 0.255 e. The lowest BCUT2D eigenvalue weighted by Gasteiger charge is -2.33. The van der Waals surface area contributed by atoms with Gasteiger partial charge in [-0.2, -0.15) is 0 Å². The van der Waals surface area contributed by atoms with Gasteiger partial charge in [0.15, 0.2) is 0 Å². The summed E-state index contributed by atoms with van der Waals surface area (Å²) in [6.45, 7) is 9.25. The van der Waals surface area contributed by atoms with E-state index in [1.54, 1.807) is 23.2 Å². The van der Waals surface area contributed by atoms with Crippen LogP contribution in [0.5, 0.6) is 0 Å². The fourth-order valence-corrected chi connectivity index (χ4v) is 3.05. The Bertz CT molecular complexity index is 804. The van der Waals surface area contributed by atoms with E-state index >= 15 is 0 Å². The number of pyridine rings is 1. The van der Waals surface area contributed by atoms with Gasteiger partial charge in [0.2, 0.25) is 6.41 Å². The Morgan fingerprint density at radius 2 is 1.74 bits per heavy atom. The predicted molar refractivity (Wildman–Crippen MR) is 107 cm³/mol. The molecular weight excluding hydrogens is 340 g/mol. The van der Waals surface area contributed by atoms with E-state index in [9.17, 15) is 9.59 Å². The third kappa shape index (κ3) is 4.64. The summed E-state index contributed by atoms with van der Waals surface area (Å²) in [6, 6.07) is 11.5. The smallest absolute Gasteiger partial charge is 0.255 e. The van der Waals surface area contributed by atoms with Crippen molar-refractivity contribution in [2.45, 2.75) is 26.2 Å². The quantitative estimate of drug-likeness (QED) is 0.845. The SMILES string of the molecule is CC(C)(C)c1ccc(NC(=O)c2ccnc(N3CCN(C=O)CC3)c2)cc1. The molecule has 0 radical (unpaired) electrons. The van der Waals surface area contributed by atoms with Crippen LogP contribution in [-0.2, 0) is 10.2 Å². The highest BCUT2D eigenvalue weighted by Gasteiger charge is 2.18. The number of nitrogens with zero attached hydrogens (tertiary/aromatic N) is 3. The lowest BCUT2D eigenvalue weighted by molar-refractivity contribution is -0.118. The molecule has 1 N–H and O–H groups in total. The molecule has 1 saturated heterocycles. The third-order valence-electron chi connectivity index (χ3n) is 4.80. The van der Waals surface area contributed by atoms with E-state index in [0.29, 0.717) is 31.7 Å². The van der Waals surface area contributed by atoms with Crippen molar-refractivity contribution in [2.75, 3.05) is 36.4 Å². The van der Waals surface area contributed by atoms with E-state index in [-0.39, 0.29) is 11.3 Å². The first-order valence-electron chi connectivity index (χ1n) is 9.19. The monoisotopic (exact) mass is 366 g/mol. The zero-order chi connectivity index (χ0) is 19.4. The van der Waals surface area contributed by atoms with Crippen LogP contribution in [0.15, 0.2) is 42.6 Å². The van der Waals surface area contributed by atoms with Gasteiger partial charge in [0.1, 0.15) is 5.82 Å². The van der Waals surface area contributed by atoms with Crippen LogP contribution in [0, 0.1) is 0 Å². The second-order valence-corrected chi connectivity index (χ2v) is 7.81. The zero-order valence-electron chi connectivity index (χ0n) is 16.1. The number of benzene rings is 1. The Morgan fingerprint density at radius 1 is 1.07 bits per heavy atom. The summed E-state index contributed by atoms with van der Waals surface area (Å²) >= 11 is 0. The highest BCUT2D eigenvalue weighted by atomic mass is 16.1. The Kier molecular flexibility index (Phi) is 5.44. The summed E-state index contributed by atoms with van der Waals surface area (Å²) in [5.74, 6) is 0.602. The zero-order valence-corrected chi connectivity index (χ0v) is 16.1. The average Bonchev–Trinajstić information content (AvgIpc) is 2.68. The van der Waals surface area contributed by atoms with Gasteiger partial charge >= 0.3 is 0 Å². The van der Waals surface area contributed by atoms with Crippen molar-refractivity contribution in [3.8, 4) is 0 Å². The number of aromatic nitrogens is 1. The molecule has 2 heterocycles. The fraction of sp³-hybridized carbons (Fsp3) is 0.381. The molecule has 6 nitrogen and oxygen atoms in total. The number of rotatable bonds is 4. The molecule has 1 aromatic heterocycles. The summed E-state index contributed by atoms with van der Waals surface area (Å²) in [6.07, 6.45) is 2.53. The number of hydrogen-bond acceptors (Lipinski definition) is 4. The first-order valence-corrected chi connectivity index (χ1v) is 9.19. The Balaban J connectivity index is 1.68. The maximum atomic E-state index is 12.6. The molecule has 0 spiro atoms. The molecule has 0 atom stereocenters. The van der Waals surface area contributed by atoms with Gasteiger partial charge in [-0.05, 0) is 35.2 Å². The van der Waals surface area contributed by atoms with E-state index in [0.717, 1.165) is 17.9 Å². The van der Waals surface area contributed by atoms with Crippen molar-refractivity contribution in [1.82, 2.24) is 9.88 Å². The number of amides is 2. The highest BCUT2D eigenvalue weighted by Crippen LogP contribution is 2.24. The Hall–Kier alpha value is -2.89. The third-order valence-corrected chi connectivity index (χ3v) is 4.80. The van der Waals surface area contributed by atoms with Gasteiger partial charge in [0.25, 0.3) is 5.91 Å². The first-order chi connectivity index (χ1) is 12.9. The van der Waals surface area contributed by atoms with Crippen LogP contribution in [0.3, 0.4) is 0 Å². The molecule has 6 heteroatoms. The molecule has 3 rings (SSSR count). The van der Waals surface area contributed by atoms with E-state index in [1.165, 1.54) is 5.56 Å². The Morgan fingerprint density at radius 3 is 2.33 bits per heavy atom. The van der Waals surface area contributed by atoms with Gasteiger partial charge in [-0.3, -0.25) is 9.59 Å². The summed E-state index contributed by atoms with van der Waals surface area (Å²) in [4.78, 5) is 31.7. The normalized spacial score (nSPS) is 14.8. The number of carbonyl (C=O) groups is 2. The number of piperazine rings is 1. The molecule has 0 saturated carbocycles. The van der Waals surface area contributed by atoms with Crippen molar-refractivity contribution >= 4 is 23.8 Å². The van der Waals surface area contributed by atoms with Crippen LogP contribution in [0.25, 0.3) is 0 Å². The molecule has 2 amide bonds. The van der Waals surface area contributed by atoms with E-state index in [1.807, 2.05) is 24.3 Å². The van der Waals surface area contributed by atoms with Crippen LogP contribution in [0.1, 0.15) is 36.7 Å². The van der Waals surface area contributed by atoms with Crippen LogP contribution in [-0.4, -0.2) is 48.4 Å². The van der Waals surface area contributed by atoms with Crippen LogP contribution >= 0.6 is 0 Å². The van der Waals surface area contributed by atoms with Crippen molar-refractivity contribution in [1.29, 1.82) is 0 Å². The standard InChI is InChI=1S/C21H26N4O2/c1-21(2,3)17-4-6-18(7-5-17)23-20(27)16-8-9-22-19(14-16)25-12-10-24(15-26)11-13-25/h4-9,14-15H,10-13H2,1-3H3,(H,23,27). The van der Waals surface area contributed by atoms with E-state index < -0.39 is 0 Å². The summed E-state index contributed by atoms with van der Waals surface area (Å²) in [5, 5.41) is 2.94. The number of nitrogens with one attached hydrogen (secondary N) is 1. The highest BCUT2D eigenvalue weighted by molar-refractivity contribution is 6.04. The number of carbonyl (C=O) groups excluding carboxylic acids is 2. The molecule has 1 aliphatic rings. The van der Waals surface area contributed by atoms with Gasteiger partial charge in [-0.1, -0.05) is 32.9 Å². The second-order valence-electron chi connectivity index (χ2n) is 7.81. The minimum absolute atomic E-state index is 0.0798. The topological polar surface area (TPSA) is 65.5 Å². The first kappa shape index (κ1) is 18.9. The molecule has 0 aliphatic carbocycles. The minimum atomic E-state index is -0.159. The molecule has 27 heavy (non-hydrogen) atoms. The summed E-state index contributed by atoms with van der Waals surface area (Å²) in [5.41, 5.74) is 2.64. The van der Waals surface area contributed by atoms with Crippen molar-refractivity contribution in [3.05, 3.63) is 53.7 Å². The lowest BCUT2D eigenvalue weighted by atomic mass is 9.87. The molecule has 1 aliphatic heterocycles. The van der Waals surface area contributed by atoms with Crippen LogP contribution in [0.2, 0.25) is 0 Å². The predicted octanol–water partition coefficient (Wildman–Crippen LogP) is 2.91. The van der Waals surface area contributed by atoms with Gasteiger partial charge in [-0.15, -0.1) is 0 Å². The molecule has 142 valence electrons. The number of hydrogen-bond donors (Lipinski definition) is 1. The average molecular weight is 366 g/mol. The van der Waals surface area contributed by atoms with Gasteiger partial charge in [0, 0.05) is 43.6 Å².